The minimum atomic E-state index is -1.74. The smallest absolute Gasteiger partial charge is 0.187 e. The second-order valence-corrected chi connectivity index (χ2v) is 18.7. The van der Waals surface area contributed by atoms with Crippen molar-refractivity contribution in [1.29, 1.82) is 0 Å². The average Bonchev–Trinajstić information content (AvgIpc) is 3.57. The van der Waals surface area contributed by atoms with Crippen molar-refractivity contribution in [3.05, 3.63) is 0 Å². The SMILES string of the molecule is C[C@@H]1CC[C@@]2(OC1)O[C@H]1CC3C4CCC5C[C@H](O[C@@H]6O[C@@H](CO)[C@@H](O[C@@H]7O[C@H](CO)[C@@H](O)[C@H](O)[C@H]7O)[C@H](O)[C@H]6O)CC[C@]5(C)C4C(=O)C[C@]3(C)[C@H]1[C@@H]2C. The second kappa shape index (κ2) is 14.2. The third-order valence-electron chi connectivity index (χ3n) is 15.9. The highest BCUT2D eigenvalue weighted by molar-refractivity contribution is 5.84. The van der Waals surface area contributed by atoms with E-state index in [1.54, 1.807) is 0 Å². The summed E-state index contributed by atoms with van der Waals surface area (Å²) in [5.41, 5.74) is -0.288. The van der Waals surface area contributed by atoms with Gasteiger partial charge in [-0.25, -0.2) is 0 Å². The topological polar surface area (TPSA) is 214 Å². The number of aliphatic hydroxyl groups is 7. The van der Waals surface area contributed by atoms with Crippen molar-refractivity contribution in [3.63, 3.8) is 0 Å². The molecule has 4 heterocycles. The zero-order chi connectivity index (χ0) is 37.8. The first-order valence-electron chi connectivity index (χ1n) is 20.2. The second-order valence-electron chi connectivity index (χ2n) is 18.7. The molecule has 4 saturated heterocycles. The van der Waals surface area contributed by atoms with Gasteiger partial charge in [-0.3, -0.25) is 4.79 Å². The summed E-state index contributed by atoms with van der Waals surface area (Å²) in [5, 5.41) is 72.7. The number of ketones is 1. The summed E-state index contributed by atoms with van der Waals surface area (Å²) >= 11 is 0. The van der Waals surface area contributed by atoms with Crippen LogP contribution in [0.25, 0.3) is 0 Å². The van der Waals surface area contributed by atoms with Gasteiger partial charge in [0.05, 0.1) is 32.0 Å². The molecule has 53 heavy (non-hydrogen) atoms. The first-order valence-corrected chi connectivity index (χ1v) is 20.2. The van der Waals surface area contributed by atoms with Crippen LogP contribution in [0.3, 0.4) is 0 Å². The molecule has 0 aromatic rings. The number of ether oxygens (including phenoxy) is 6. The van der Waals surface area contributed by atoms with Gasteiger partial charge in [0.2, 0.25) is 0 Å². The van der Waals surface area contributed by atoms with E-state index in [1.807, 2.05) is 0 Å². The van der Waals surface area contributed by atoms with Crippen molar-refractivity contribution in [2.24, 2.45) is 52.3 Å². The van der Waals surface area contributed by atoms with E-state index in [4.69, 9.17) is 28.4 Å². The molecular formula is C39H62O14. The van der Waals surface area contributed by atoms with Crippen LogP contribution >= 0.6 is 0 Å². The van der Waals surface area contributed by atoms with Crippen LogP contribution in [0.1, 0.15) is 85.5 Å². The lowest BCUT2D eigenvalue weighted by Crippen LogP contribution is -2.65. The van der Waals surface area contributed by atoms with Gasteiger partial charge in [-0.15, -0.1) is 0 Å². The molecule has 0 bridgehead atoms. The average molecular weight is 755 g/mol. The van der Waals surface area contributed by atoms with Gasteiger partial charge in [-0.2, -0.15) is 0 Å². The van der Waals surface area contributed by atoms with Crippen molar-refractivity contribution in [2.45, 2.75) is 165 Å². The molecule has 0 amide bonds. The van der Waals surface area contributed by atoms with Gasteiger partial charge in [0.25, 0.3) is 0 Å². The number of fused-ring (bicyclic) bond motifs is 7. The third kappa shape index (κ3) is 6.12. The lowest BCUT2D eigenvalue weighted by molar-refractivity contribution is -0.364. The fourth-order valence-corrected chi connectivity index (χ4v) is 13.0. The minimum absolute atomic E-state index is 0.0208. The molecule has 1 spiro atoms. The van der Waals surface area contributed by atoms with Crippen molar-refractivity contribution < 1.29 is 69.0 Å². The van der Waals surface area contributed by atoms with E-state index in [2.05, 4.69) is 27.7 Å². The van der Waals surface area contributed by atoms with Gasteiger partial charge < -0.3 is 64.2 Å². The van der Waals surface area contributed by atoms with Crippen molar-refractivity contribution >= 4 is 5.78 Å². The molecule has 4 aliphatic carbocycles. The quantitative estimate of drug-likeness (QED) is 0.185. The van der Waals surface area contributed by atoms with E-state index >= 15 is 0 Å². The van der Waals surface area contributed by atoms with Crippen LogP contribution in [0.4, 0.5) is 0 Å². The van der Waals surface area contributed by atoms with Crippen LogP contribution < -0.4 is 0 Å². The van der Waals surface area contributed by atoms with Crippen molar-refractivity contribution in [2.75, 3.05) is 19.8 Å². The Morgan fingerprint density at radius 1 is 0.774 bits per heavy atom. The van der Waals surface area contributed by atoms with Crippen LogP contribution in [0.2, 0.25) is 0 Å². The van der Waals surface area contributed by atoms with Gasteiger partial charge in [0, 0.05) is 24.7 Å². The summed E-state index contributed by atoms with van der Waals surface area (Å²) in [4.78, 5) is 14.5. The number of rotatable bonds is 6. The minimum Gasteiger partial charge on any atom is -0.394 e. The molecule has 4 unspecified atom stereocenters. The standard InChI is InChI=1S/C39H62O14/c1-17-7-10-39(48-16-17)18(2)27-24(53-39)12-22-21-6-5-19-11-20(8-9-37(19,3)28(21)23(42)13-38(22,27)4)49-35-33(47)31(45)34(26(15-41)51-35)52-36-32(46)30(44)29(43)25(14-40)50-36/h17-22,24-36,40-41,43-47H,5-16H2,1-4H3/t17-,18+,19?,20-,21?,22?,24+,25-,26+,27+,28?,29-,30+,31-,32-,33-,34-,35-,36+,37+,38+,39-/m1/s1. The fraction of sp³-hybridized carbons (Fsp3) is 0.974. The molecule has 22 atom stereocenters. The molecule has 7 N–H and O–H groups in total. The van der Waals surface area contributed by atoms with Gasteiger partial charge in [-0.05, 0) is 85.4 Å². The highest BCUT2D eigenvalue weighted by atomic mass is 16.7. The molecule has 0 aromatic carbocycles. The molecule has 4 aliphatic heterocycles. The zero-order valence-corrected chi connectivity index (χ0v) is 31.4. The van der Waals surface area contributed by atoms with Gasteiger partial charge in [0.15, 0.2) is 18.4 Å². The molecule has 302 valence electrons. The highest BCUT2D eigenvalue weighted by Crippen LogP contribution is 2.70. The van der Waals surface area contributed by atoms with Crippen molar-refractivity contribution in [3.8, 4) is 0 Å². The number of carbonyl (C=O) groups excluding carboxylic acids is 1. The maximum Gasteiger partial charge on any atom is 0.187 e. The molecule has 14 nitrogen and oxygen atoms in total. The Morgan fingerprint density at radius 2 is 1.47 bits per heavy atom. The maximum atomic E-state index is 14.5. The summed E-state index contributed by atoms with van der Waals surface area (Å²) < 4.78 is 36.8. The number of aliphatic hydroxyl groups excluding tert-OH is 7. The Morgan fingerprint density at radius 3 is 2.17 bits per heavy atom. The maximum absolute atomic E-state index is 14.5. The third-order valence-corrected chi connectivity index (χ3v) is 15.9. The summed E-state index contributed by atoms with van der Waals surface area (Å²) in [5.74, 6) is 1.91. The monoisotopic (exact) mass is 754 g/mol. The number of hydrogen-bond donors (Lipinski definition) is 7. The largest absolute Gasteiger partial charge is 0.394 e. The molecule has 0 aromatic heterocycles. The van der Waals surface area contributed by atoms with Crippen LogP contribution in [-0.2, 0) is 33.2 Å². The van der Waals surface area contributed by atoms with Crippen molar-refractivity contribution in [1.82, 2.24) is 0 Å². The summed E-state index contributed by atoms with van der Waals surface area (Å²) in [6.07, 6.45) is -7.48. The number of Topliss-reactive ketones (excluding diaryl/α,β-unsaturated/α-hetero) is 1. The highest BCUT2D eigenvalue weighted by Gasteiger charge is 2.71. The molecule has 0 radical (unpaired) electrons. The van der Waals surface area contributed by atoms with Gasteiger partial charge in [-0.1, -0.05) is 27.7 Å². The Bertz CT molecular complexity index is 1340. The predicted octanol–water partition coefficient (Wildman–Crippen LogP) is 0.621. The van der Waals surface area contributed by atoms with Gasteiger partial charge >= 0.3 is 0 Å². The van der Waals surface area contributed by atoms with E-state index < -0.39 is 80.4 Å². The fourth-order valence-electron chi connectivity index (χ4n) is 13.0. The summed E-state index contributed by atoms with van der Waals surface area (Å²) in [6.45, 7) is 8.63. The normalized spacial score (nSPS) is 58.2. The Kier molecular flexibility index (Phi) is 10.5. The molecule has 8 fully saturated rings. The Hall–Kier alpha value is -0.850. The molecule has 4 saturated carbocycles. The Labute approximate surface area is 311 Å². The first-order chi connectivity index (χ1) is 25.2. The van der Waals surface area contributed by atoms with Gasteiger partial charge in [0.1, 0.15) is 54.6 Å². The number of hydrogen-bond acceptors (Lipinski definition) is 14. The van der Waals surface area contributed by atoms with E-state index in [0.29, 0.717) is 48.7 Å². The van der Waals surface area contributed by atoms with E-state index in [9.17, 15) is 40.5 Å². The first kappa shape index (κ1) is 39.0. The van der Waals surface area contributed by atoms with E-state index in [1.165, 1.54) is 0 Å². The molecular weight excluding hydrogens is 692 g/mol. The van der Waals surface area contributed by atoms with Crippen LogP contribution in [0.15, 0.2) is 0 Å². The zero-order valence-electron chi connectivity index (χ0n) is 31.4. The molecule has 14 heteroatoms. The van der Waals surface area contributed by atoms with Crippen LogP contribution in [-0.4, -0.2) is 141 Å². The molecule has 8 rings (SSSR count). The van der Waals surface area contributed by atoms with E-state index in [0.717, 1.165) is 45.1 Å². The lowest BCUT2D eigenvalue weighted by atomic mass is 9.44. The Balaban J connectivity index is 0.911. The predicted molar refractivity (Wildman–Crippen MR) is 183 cm³/mol. The molecule has 8 aliphatic rings. The lowest BCUT2D eigenvalue weighted by Gasteiger charge is -2.60. The van der Waals surface area contributed by atoms with E-state index in [-0.39, 0.29) is 40.8 Å². The number of carbonyl (C=O) groups is 1. The van der Waals surface area contributed by atoms with Crippen LogP contribution in [0, 0.1) is 52.3 Å². The van der Waals surface area contributed by atoms with Crippen LogP contribution in [0.5, 0.6) is 0 Å². The summed E-state index contributed by atoms with van der Waals surface area (Å²) in [6, 6.07) is 0. The summed E-state index contributed by atoms with van der Waals surface area (Å²) in [7, 11) is 0.